The van der Waals surface area contributed by atoms with E-state index in [0.29, 0.717) is 24.3 Å². The lowest BCUT2D eigenvalue weighted by atomic mass is 10.3. The SMILES string of the molecule is CCCCCSc1nc2c(c(=O)[nH]c(=O)n2C)n1CCOC. The van der Waals surface area contributed by atoms with Gasteiger partial charge in [0.25, 0.3) is 5.56 Å². The molecule has 2 heterocycles. The molecule has 0 spiro atoms. The van der Waals surface area contributed by atoms with Crippen molar-refractivity contribution in [1.82, 2.24) is 19.1 Å². The van der Waals surface area contributed by atoms with Gasteiger partial charge in [-0.1, -0.05) is 31.5 Å². The Balaban J connectivity index is 2.45. The molecule has 2 rings (SSSR count). The molecule has 1 N–H and O–H groups in total. The predicted molar refractivity (Wildman–Crippen MR) is 87.7 cm³/mol. The number of thioether (sulfide) groups is 1. The molecule has 0 amide bonds. The van der Waals surface area contributed by atoms with E-state index in [1.165, 1.54) is 11.0 Å². The molecule has 0 aliphatic carbocycles. The molecule has 0 bridgehead atoms. The number of H-pyrrole nitrogens is 1. The van der Waals surface area contributed by atoms with Crippen molar-refractivity contribution in [3.63, 3.8) is 0 Å². The molecule has 8 heteroatoms. The Morgan fingerprint density at radius 1 is 1.32 bits per heavy atom. The fourth-order valence-electron chi connectivity index (χ4n) is 2.23. The summed E-state index contributed by atoms with van der Waals surface area (Å²) in [7, 11) is 3.23. The molecule has 2 aromatic heterocycles. The molecule has 0 aromatic carbocycles. The van der Waals surface area contributed by atoms with Gasteiger partial charge in [-0.25, -0.2) is 9.78 Å². The largest absolute Gasteiger partial charge is 0.383 e. The highest BCUT2D eigenvalue weighted by molar-refractivity contribution is 7.99. The second-order valence-electron chi connectivity index (χ2n) is 5.08. The van der Waals surface area contributed by atoms with Crippen LogP contribution in [0, 0.1) is 0 Å². The van der Waals surface area contributed by atoms with Crippen LogP contribution in [-0.2, 0) is 18.3 Å². The van der Waals surface area contributed by atoms with Crippen molar-refractivity contribution in [2.24, 2.45) is 7.05 Å². The highest BCUT2D eigenvalue weighted by Gasteiger charge is 2.17. The average molecular weight is 326 g/mol. The molecule has 7 nitrogen and oxygen atoms in total. The third-order valence-electron chi connectivity index (χ3n) is 3.47. The highest BCUT2D eigenvalue weighted by atomic mass is 32.2. The van der Waals surface area contributed by atoms with Gasteiger partial charge in [0, 0.05) is 26.5 Å². The second kappa shape index (κ2) is 7.64. The molecule has 0 aliphatic heterocycles. The summed E-state index contributed by atoms with van der Waals surface area (Å²) < 4.78 is 8.33. The van der Waals surface area contributed by atoms with E-state index < -0.39 is 11.2 Å². The minimum atomic E-state index is -0.448. The Morgan fingerprint density at radius 3 is 2.77 bits per heavy atom. The zero-order valence-electron chi connectivity index (χ0n) is 13.2. The maximum Gasteiger partial charge on any atom is 0.329 e. The van der Waals surface area contributed by atoms with Gasteiger partial charge in [-0.15, -0.1) is 0 Å². The molecule has 2 aromatic rings. The van der Waals surface area contributed by atoms with E-state index in [-0.39, 0.29) is 0 Å². The van der Waals surface area contributed by atoms with Crippen LogP contribution in [0.5, 0.6) is 0 Å². The van der Waals surface area contributed by atoms with Crippen molar-refractivity contribution in [3.8, 4) is 0 Å². The zero-order valence-corrected chi connectivity index (χ0v) is 14.0. The molecular weight excluding hydrogens is 304 g/mol. The van der Waals surface area contributed by atoms with Gasteiger partial charge in [-0.05, 0) is 6.42 Å². The number of unbranched alkanes of at least 4 members (excludes halogenated alkanes) is 2. The molecule has 0 atom stereocenters. The molecular formula is C14H22N4O3S. The highest BCUT2D eigenvalue weighted by Crippen LogP contribution is 2.22. The Hall–Kier alpha value is -1.54. The number of hydrogen-bond acceptors (Lipinski definition) is 5. The summed E-state index contributed by atoms with van der Waals surface area (Å²) in [4.78, 5) is 30.7. The van der Waals surface area contributed by atoms with E-state index in [4.69, 9.17) is 4.74 Å². The van der Waals surface area contributed by atoms with E-state index in [9.17, 15) is 9.59 Å². The number of hydrogen-bond donors (Lipinski definition) is 1. The Kier molecular flexibility index (Phi) is 5.84. The number of nitrogens with zero attached hydrogens (tertiary/aromatic N) is 3. The standard InChI is InChI=1S/C14H22N4O3S/c1-4-5-6-9-22-14-15-11-10(18(14)7-8-21-3)12(19)16-13(20)17(11)2/h4-9H2,1-3H3,(H,16,19,20). The Labute approximate surface area is 132 Å². The normalized spacial score (nSPS) is 11.4. The van der Waals surface area contributed by atoms with Gasteiger partial charge in [-0.2, -0.15) is 0 Å². The third-order valence-corrected chi connectivity index (χ3v) is 4.53. The van der Waals surface area contributed by atoms with Crippen LogP contribution in [-0.4, -0.2) is 38.6 Å². The fourth-order valence-corrected chi connectivity index (χ4v) is 3.25. The monoisotopic (exact) mass is 326 g/mol. The first-order chi connectivity index (χ1) is 10.6. The second-order valence-corrected chi connectivity index (χ2v) is 6.15. The first-order valence-corrected chi connectivity index (χ1v) is 8.40. The molecule has 22 heavy (non-hydrogen) atoms. The minimum Gasteiger partial charge on any atom is -0.383 e. The Morgan fingerprint density at radius 2 is 2.09 bits per heavy atom. The van der Waals surface area contributed by atoms with Crippen LogP contribution in [0.25, 0.3) is 11.2 Å². The molecule has 0 unspecified atom stereocenters. The first-order valence-electron chi connectivity index (χ1n) is 7.41. The maximum absolute atomic E-state index is 12.1. The van der Waals surface area contributed by atoms with Crippen molar-refractivity contribution >= 4 is 22.9 Å². The summed E-state index contributed by atoms with van der Waals surface area (Å²) in [6.07, 6.45) is 3.43. The van der Waals surface area contributed by atoms with Gasteiger partial charge >= 0.3 is 5.69 Å². The molecule has 0 fully saturated rings. The predicted octanol–water partition coefficient (Wildman–Crippen LogP) is 1.35. The molecule has 0 radical (unpaired) electrons. The van der Waals surface area contributed by atoms with Crippen LogP contribution in [0.2, 0.25) is 0 Å². The number of aromatic nitrogens is 4. The van der Waals surface area contributed by atoms with Crippen LogP contribution >= 0.6 is 11.8 Å². The number of ether oxygens (including phenoxy) is 1. The first kappa shape index (κ1) is 16.8. The molecule has 122 valence electrons. The van der Waals surface area contributed by atoms with Gasteiger partial charge in [0.2, 0.25) is 0 Å². The molecule has 0 saturated heterocycles. The zero-order chi connectivity index (χ0) is 16.1. The van der Waals surface area contributed by atoms with Gasteiger partial charge < -0.3 is 9.30 Å². The molecule has 0 aliphatic rings. The van der Waals surface area contributed by atoms with Crippen molar-refractivity contribution in [2.75, 3.05) is 19.5 Å². The number of aromatic amines is 1. The number of fused-ring (bicyclic) bond motifs is 1. The maximum atomic E-state index is 12.1. The van der Waals surface area contributed by atoms with Crippen LogP contribution in [0.3, 0.4) is 0 Å². The van der Waals surface area contributed by atoms with E-state index in [2.05, 4.69) is 16.9 Å². The lowest BCUT2D eigenvalue weighted by molar-refractivity contribution is 0.186. The Bertz CT molecular complexity index is 747. The summed E-state index contributed by atoms with van der Waals surface area (Å²) in [5.41, 5.74) is -0.00137. The minimum absolute atomic E-state index is 0.401. The average Bonchev–Trinajstić information content (AvgIpc) is 2.86. The van der Waals surface area contributed by atoms with Gasteiger partial charge in [0.05, 0.1) is 6.61 Å². The van der Waals surface area contributed by atoms with E-state index in [1.807, 2.05) is 4.57 Å². The number of rotatable bonds is 8. The lowest BCUT2D eigenvalue weighted by Crippen LogP contribution is -2.29. The topological polar surface area (TPSA) is 81.9 Å². The van der Waals surface area contributed by atoms with E-state index in [0.717, 1.165) is 23.8 Å². The lowest BCUT2D eigenvalue weighted by Gasteiger charge is -2.07. The van der Waals surface area contributed by atoms with Gasteiger partial charge in [0.1, 0.15) is 0 Å². The van der Waals surface area contributed by atoms with Crippen LogP contribution in [0.1, 0.15) is 26.2 Å². The van der Waals surface area contributed by atoms with Crippen molar-refractivity contribution in [2.45, 2.75) is 37.9 Å². The summed E-state index contributed by atoms with van der Waals surface area (Å²) >= 11 is 1.61. The summed E-state index contributed by atoms with van der Waals surface area (Å²) in [6, 6.07) is 0. The van der Waals surface area contributed by atoms with Crippen molar-refractivity contribution in [1.29, 1.82) is 0 Å². The van der Waals surface area contributed by atoms with Crippen molar-refractivity contribution in [3.05, 3.63) is 20.8 Å². The number of imidazole rings is 1. The van der Waals surface area contributed by atoms with Gasteiger partial charge in [0.15, 0.2) is 16.3 Å². The summed E-state index contributed by atoms with van der Waals surface area (Å²) in [6.45, 7) is 3.18. The van der Waals surface area contributed by atoms with Crippen LogP contribution < -0.4 is 11.2 Å². The van der Waals surface area contributed by atoms with Crippen molar-refractivity contribution < 1.29 is 4.74 Å². The number of methoxy groups -OCH3 is 1. The van der Waals surface area contributed by atoms with E-state index in [1.54, 1.807) is 25.9 Å². The number of nitrogens with one attached hydrogen (secondary N) is 1. The fraction of sp³-hybridized carbons (Fsp3) is 0.643. The molecule has 0 saturated carbocycles. The smallest absolute Gasteiger partial charge is 0.329 e. The summed E-state index contributed by atoms with van der Waals surface area (Å²) in [5.74, 6) is 0.940. The van der Waals surface area contributed by atoms with Crippen LogP contribution in [0.15, 0.2) is 14.7 Å². The summed E-state index contributed by atoms with van der Waals surface area (Å²) in [5, 5.41) is 0.759. The third kappa shape index (κ3) is 3.44. The number of aryl methyl sites for hydroxylation is 1. The van der Waals surface area contributed by atoms with Crippen LogP contribution in [0.4, 0.5) is 0 Å². The van der Waals surface area contributed by atoms with Gasteiger partial charge in [-0.3, -0.25) is 14.3 Å². The quantitative estimate of drug-likeness (QED) is 0.585. The van der Waals surface area contributed by atoms with E-state index >= 15 is 0 Å².